The number of aliphatic imine (C=N–C) groups is 1. The van der Waals surface area contributed by atoms with E-state index < -0.39 is 0 Å². The molecule has 0 saturated heterocycles. The summed E-state index contributed by atoms with van der Waals surface area (Å²) in [7, 11) is 0. The van der Waals surface area contributed by atoms with E-state index in [0.29, 0.717) is 11.4 Å². The number of amidine groups is 2. The summed E-state index contributed by atoms with van der Waals surface area (Å²) < 4.78 is 0. The quantitative estimate of drug-likeness (QED) is 0.186. The van der Waals surface area contributed by atoms with Crippen molar-refractivity contribution in [3.05, 3.63) is 145 Å². The number of nitrogens with zero attached hydrogens (tertiary/aromatic N) is 3. The molecule has 0 aliphatic heterocycles. The zero-order valence-corrected chi connectivity index (χ0v) is 21.8. The van der Waals surface area contributed by atoms with E-state index in [1.165, 1.54) is 0 Å². The summed E-state index contributed by atoms with van der Waals surface area (Å²) in [6, 6.07) is 34.3. The van der Waals surface area contributed by atoms with Gasteiger partial charge in [0.25, 0.3) is 0 Å². The first-order valence-corrected chi connectivity index (χ1v) is 13.1. The molecule has 0 amide bonds. The Morgan fingerprint density at radius 1 is 0.675 bits per heavy atom. The van der Waals surface area contributed by atoms with Crippen LogP contribution < -0.4 is 5.73 Å². The van der Waals surface area contributed by atoms with Gasteiger partial charge in [0.05, 0.1) is 17.3 Å². The highest BCUT2D eigenvalue weighted by Gasteiger charge is 2.19. The molecule has 192 valence electrons. The number of hydrogen-bond acceptors (Lipinski definition) is 3. The first-order chi connectivity index (χ1) is 19.7. The highest BCUT2D eigenvalue weighted by atomic mass is 14.9. The molecule has 5 aromatic rings. The minimum atomic E-state index is -0.269. The van der Waals surface area contributed by atoms with Crippen LogP contribution >= 0.6 is 0 Å². The Kier molecular flexibility index (Phi) is 6.93. The molecule has 1 heterocycles. The zero-order chi connectivity index (χ0) is 27.3. The highest BCUT2D eigenvalue weighted by molar-refractivity contribution is 6.17. The third-order valence-corrected chi connectivity index (χ3v) is 6.82. The van der Waals surface area contributed by atoms with Gasteiger partial charge in [-0.2, -0.15) is 0 Å². The van der Waals surface area contributed by atoms with Crippen molar-refractivity contribution < 1.29 is 0 Å². The third kappa shape index (κ3) is 5.13. The van der Waals surface area contributed by atoms with E-state index in [4.69, 9.17) is 21.1 Å². The average molecular weight is 518 g/mol. The summed E-state index contributed by atoms with van der Waals surface area (Å²) in [5.74, 6) is 0.695. The SMILES string of the molecule is N=C(/N=C(\N)c1c(-c2nc(-c3ccccc3)cc(-c3ccccc3)n2)ccc2ccccc12)C1C=CC=CC=C1. The minimum absolute atomic E-state index is 0.163. The molecular formula is C35H27N5. The summed E-state index contributed by atoms with van der Waals surface area (Å²) in [6.45, 7) is 0. The molecule has 1 aromatic heterocycles. The van der Waals surface area contributed by atoms with Crippen molar-refractivity contribution in [2.45, 2.75) is 0 Å². The lowest BCUT2D eigenvalue weighted by molar-refractivity contribution is 1.09. The van der Waals surface area contributed by atoms with E-state index in [1.54, 1.807) is 0 Å². The summed E-state index contributed by atoms with van der Waals surface area (Å²) in [6.07, 6.45) is 11.6. The van der Waals surface area contributed by atoms with Gasteiger partial charge in [-0.3, -0.25) is 5.41 Å². The number of nitrogens with two attached hydrogens (primary N) is 1. The number of aromatic nitrogens is 2. The molecule has 3 N–H and O–H groups in total. The fourth-order valence-electron chi connectivity index (χ4n) is 4.82. The van der Waals surface area contributed by atoms with Crippen molar-refractivity contribution in [2.75, 3.05) is 0 Å². The van der Waals surface area contributed by atoms with Gasteiger partial charge in [-0.1, -0.05) is 127 Å². The van der Waals surface area contributed by atoms with Crippen LogP contribution in [0.5, 0.6) is 0 Å². The number of nitrogens with one attached hydrogen (secondary N) is 1. The van der Waals surface area contributed by atoms with Crippen molar-refractivity contribution in [2.24, 2.45) is 16.6 Å². The lowest BCUT2D eigenvalue weighted by Crippen LogP contribution is -2.20. The molecule has 1 aliphatic rings. The Bertz CT molecular complexity index is 1740. The average Bonchev–Trinajstić information content (AvgIpc) is 3.31. The smallest absolute Gasteiger partial charge is 0.161 e. The van der Waals surface area contributed by atoms with Crippen molar-refractivity contribution in [1.82, 2.24) is 9.97 Å². The molecule has 0 bridgehead atoms. The van der Waals surface area contributed by atoms with E-state index in [-0.39, 0.29) is 17.6 Å². The van der Waals surface area contributed by atoms with Crippen LogP contribution in [0.2, 0.25) is 0 Å². The van der Waals surface area contributed by atoms with Gasteiger partial charge in [0, 0.05) is 22.3 Å². The number of rotatable bonds is 5. The van der Waals surface area contributed by atoms with Gasteiger partial charge in [-0.15, -0.1) is 0 Å². The van der Waals surface area contributed by atoms with Crippen LogP contribution in [0.3, 0.4) is 0 Å². The van der Waals surface area contributed by atoms with Crippen LogP contribution in [-0.2, 0) is 0 Å². The predicted octanol–water partition coefficient (Wildman–Crippen LogP) is 7.61. The molecule has 0 saturated carbocycles. The van der Waals surface area contributed by atoms with Crippen molar-refractivity contribution in [3.8, 4) is 33.9 Å². The molecule has 40 heavy (non-hydrogen) atoms. The molecule has 0 radical (unpaired) electrons. The largest absolute Gasteiger partial charge is 0.383 e. The molecule has 0 spiro atoms. The van der Waals surface area contributed by atoms with Gasteiger partial charge < -0.3 is 5.73 Å². The lowest BCUT2D eigenvalue weighted by Gasteiger charge is -2.15. The van der Waals surface area contributed by atoms with Gasteiger partial charge in [0.15, 0.2) is 5.82 Å². The Morgan fingerprint density at radius 2 is 1.25 bits per heavy atom. The third-order valence-electron chi connectivity index (χ3n) is 6.82. The number of allylic oxidation sites excluding steroid dienone is 4. The van der Waals surface area contributed by atoms with Crippen LogP contribution in [-0.4, -0.2) is 21.6 Å². The second-order valence-corrected chi connectivity index (χ2v) is 9.47. The predicted molar refractivity (Wildman–Crippen MR) is 165 cm³/mol. The Labute approximate surface area is 233 Å². The topological polar surface area (TPSA) is 88.0 Å². The summed E-state index contributed by atoms with van der Waals surface area (Å²) in [4.78, 5) is 14.7. The maximum atomic E-state index is 8.71. The highest BCUT2D eigenvalue weighted by Crippen LogP contribution is 2.32. The number of hydrogen-bond donors (Lipinski definition) is 2. The van der Waals surface area contributed by atoms with Crippen molar-refractivity contribution >= 4 is 22.4 Å². The summed E-state index contributed by atoms with van der Waals surface area (Å²) in [5.41, 5.74) is 11.8. The van der Waals surface area contributed by atoms with Crippen LogP contribution in [0.1, 0.15) is 5.56 Å². The molecule has 0 unspecified atom stereocenters. The standard InChI is InChI=1S/C35H27N5/c36-33(27-18-5-1-2-6-19-27)40-34(37)32-28-20-12-11-13-24(28)21-22-29(32)35-38-30(25-14-7-3-8-15-25)23-31(39-35)26-16-9-4-10-17-26/h1-23,27H,(H3,36,37,40). The monoisotopic (exact) mass is 517 g/mol. The van der Waals surface area contributed by atoms with E-state index in [0.717, 1.165) is 38.9 Å². The minimum Gasteiger partial charge on any atom is -0.383 e. The molecule has 0 fully saturated rings. The van der Waals surface area contributed by atoms with Crippen LogP contribution in [0, 0.1) is 11.3 Å². The number of fused-ring (bicyclic) bond motifs is 1. The first kappa shape index (κ1) is 24.9. The second-order valence-electron chi connectivity index (χ2n) is 9.47. The first-order valence-electron chi connectivity index (χ1n) is 13.1. The van der Waals surface area contributed by atoms with Gasteiger partial charge in [0.1, 0.15) is 11.7 Å². The molecule has 0 atom stereocenters. The molecule has 5 heteroatoms. The van der Waals surface area contributed by atoms with Gasteiger partial charge in [-0.05, 0) is 22.9 Å². The Hall–Kier alpha value is -5.42. The molecule has 1 aliphatic carbocycles. The maximum absolute atomic E-state index is 8.71. The fourth-order valence-corrected chi connectivity index (χ4v) is 4.82. The van der Waals surface area contributed by atoms with Crippen molar-refractivity contribution in [1.29, 1.82) is 5.41 Å². The van der Waals surface area contributed by atoms with Crippen LogP contribution in [0.15, 0.2) is 145 Å². The second kappa shape index (κ2) is 11.1. The van der Waals surface area contributed by atoms with E-state index >= 15 is 0 Å². The van der Waals surface area contributed by atoms with E-state index in [1.807, 2.05) is 134 Å². The van der Waals surface area contributed by atoms with E-state index in [9.17, 15) is 0 Å². The van der Waals surface area contributed by atoms with E-state index in [2.05, 4.69) is 11.1 Å². The summed E-state index contributed by atoms with van der Waals surface area (Å²) >= 11 is 0. The number of benzene rings is 4. The Balaban J connectivity index is 1.56. The summed E-state index contributed by atoms with van der Waals surface area (Å²) in [5, 5.41) is 10.7. The van der Waals surface area contributed by atoms with Gasteiger partial charge >= 0.3 is 0 Å². The normalized spacial score (nSPS) is 13.4. The van der Waals surface area contributed by atoms with Crippen LogP contribution in [0.25, 0.3) is 44.7 Å². The fraction of sp³-hybridized carbons (Fsp3) is 0.0286. The van der Waals surface area contributed by atoms with Gasteiger partial charge in [-0.25, -0.2) is 15.0 Å². The van der Waals surface area contributed by atoms with Crippen LogP contribution in [0.4, 0.5) is 0 Å². The maximum Gasteiger partial charge on any atom is 0.161 e. The van der Waals surface area contributed by atoms with Gasteiger partial charge in [0.2, 0.25) is 0 Å². The molecular weight excluding hydrogens is 490 g/mol. The van der Waals surface area contributed by atoms with Crippen molar-refractivity contribution in [3.63, 3.8) is 0 Å². The molecule has 4 aromatic carbocycles. The Morgan fingerprint density at radius 3 is 1.88 bits per heavy atom. The molecule has 6 rings (SSSR count). The lowest BCUT2D eigenvalue weighted by atomic mass is 9.96. The molecule has 5 nitrogen and oxygen atoms in total. The zero-order valence-electron chi connectivity index (χ0n) is 21.8.